The summed E-state index contributed by atoms with van der Waals surface area (Å²) in [5.41, 5.74) is 2.67. The second kappa shape index (κ2) is 7.98. The summed E-state index contributed by atoms with van der Waals surface area (Å²) >= 11 is 0. The molecule has 1 N–H and O–H groups in total. The molecule has 1 aliphatic rings. The van der Waals surface area contributed by atoms with Crippen molar-refractivity contribution in [1.29, 1.82) is 0 Å². The van der Waals surface area contributed by atoms with Gasteiger partial charge in [0.05, 0.1) is 18.3 Å². The maximum absolute atomic E-state index is 13.1. The van der Waals surface area contributed by atoms with Gasteiger partial charge in [-0.2, -0.15) is 5.10 Å². The van der Waals surface area contributed by atoms with E-state index in [-0.39, 0.29) is 30.0 Å². The molecule has 3 heterocycles. The van der Waals surface area contributed by atoms with Crippen LogP contribution in [-0.2, 0) is 11.2 Å². The van der Waals surface area contributed by atoms with E-state index in [1.165, 1.54) is 18.3 Å². The summed E-state index contributed by atoms with van der Waals surface area (Å²) in [5, 5.41) is 6.96. The minimum absolute atomic E-state index is 0.0260. The molecule has 2 aromatic heterocycles. The largest absolute Gasteiger partial charge is 0.355 e. The lowest BCUT2D eigenvalue weighted by molar-refractivity contribution is -0.131. The summed E-state index contributed by atoms with van der Waals surface area (Å²) in [4.78, 5) is 31.0. The average Bonchev–Trinajstić information content (AvgIpc) is 3.19. The third kappa shape index (κ3) is 3.83. The van der Waals surface area contributed by atoms with E-state index in [1.54, 1.807) is 29.9 Å². The van der Waals surface area contributed by atoms with Gasteiger partial charge in [-0.05, 0) is 36.6 Å². The molecular formula is C21H22FN5O2. The molecule has 8 heteroatoms. The molecule has 0 spiro atoms. The van der Waals surface area contributed by atoms with Crippen LogP contribution in [0.3, 0.4) is 0 Å². The van der Waals surface area contributed by atoms with Crippen LogP contribution in [0.4, 0.5) is 4.39 Å². The quantitative estimate of drug-likeness (QED) is 0.734. The van der Waals surface area contributed by atoms with Gasteiger partial charge in [0.2, 0.25) is 5.91 Å². The molecule has 0 radical (unpaired) electrons. The van der Waals surface area contributed by atoms with Crippen LogP contribution in [-0.4, -0.2) is 51.4 Å². The van der Waals surface area contributed by atoms with Crippen molar-refractivity contribution in [3.05, 3.63) is 65.4 Å². The molecule has 1 aliphatic heterocycles. The van der Waals surface area contributed by atoms with E-state index in [9.17, 15) is 14.0 Å². The van der Waals surface area contributed by atoms with E-state index in [2.05, 4.69) is 15.4 Å². The van der Waals surface area contributed by atoms with Crippen molar-refractivity contribution in [1.82, 2.24) is 24.8 Å². The fraction of sp³-hybridized carbons (Fsp3) is 0.333. The predicted molar refractivity (Wildman–Crippen MR) is 105 cm³/mol. The number of piperidine rings is 1. The first-order valence-electron chi connectivity index (χ1n) is 9.63. The normalized spacial score (nSPS) is 16.8. The van der Waals surface area contributed by atoms with Crippen LogP contribution in [0.1, 0.15) is 40.4 Å². The zero-order chi connectivity index (χ0) is 20.4. The first-order valence-corrected chi connectivity index (χ1v) is 9.63. The molecule has 0 aliphatic carbocycles. The van der Waals surface area contributed by atoms with Gasteiger partial charge in [0.1, 0.15) is 11.4 Å². The molecular weight excluding hydrogens is 373 g/mol. The van der Waals surface area contributed by atoms with E-state index in [1.807, 2.05) is 11.0 Å². The van der Waals surface area contributed by atoms with E-state index < -0.39 is 0 Å². The maximum Gasteiger partial charge on any atom is 0.256 e. The van der Waals surface area contributed by atoms with Crippen molar-refractivity contribution in [2.24, 2.45) is 0 Å². The molecule has 7 nitrogen and oxygen atoms in total. The third-order valence-electron chi connectivity index (χ3n) is 5.36. The Morgan fingerprint density at radius 3 is 2.79 bits per heavy atom. The number of rotatable bonds is 4. The van der Waals surface area contributed by atoms with Crippen LogP contribution in [0.5, 0.6) is 0 Å². The Morgan fingerprint density at radius 2 is 2.03 bits per heavy atom. The van der Waals surface area contributed by atoms with Crippen LogP contribution >= 0.6 is 0 Å². The molecule has 1 fully saturated rings. The Bertz CT molecular complexity index is 1050. The summed E-state index contributed by atoms with van der Waals surface area (Å²) in [6, 6.07) is 7.93. The van der Waals surface area contributed by atoms with Gasteiger partial charge in [-0.1, -0.05) is 12.1 Å². The van der Waals surface area contributed by atoms with Crippen LogP contribution < -0.4 is 5.32 Å². The molecule has 1 saturated heterocycles. The summed E-state index contributed by atoms with van der Waals surface area (Å²) < 4.78 is 14.8. The van der Waals surface area contributed by atoms with Crippen LogP contribution in [0, 0.1) is 5.82 Å². The molecule has 150 valence electrons. The number of hydrogen-bond acceptors (Lipinski definition) is 4. The molecule has 0 saturated carbocycles. The van der Waals surface area contributed by atoms with Crippen LogP contribution in [0.25, 0.3) is 5.65 Å². The number of fused-ring (bicyclic) bond motifs is 1. The van der Waals surface area contributed by atoms with E-state index in [4.69, 9.17) is 0 Å². The Morgan fingerprint density at radius 1 is 1.24 bits per heavy atom. The number of carbonyl (C=O) groups excluding carboxylic acids is 2. The number of nitrogens with zero attached hydrogens (tertiary/aromatic N) is 4. The fourth-order valence-corrected chi connectivity index (χ4v) is 3.85. The molecule has 2 amide bonds. The standard InChI is InChI=1S/C21H22FN5O2/c1-23-21(29)17-12-25-27-18(8-9-24-20(17)27)15-3-2-10-26(13-15)19(28)11-14-4-6-16(22)7-5-14/h4-9,12,15H,2-3,10-11,13H2,1H3,(H,23,29)/t15-/m0/s1. The van der Waals surface area contributed by atoms with Gasteiger partial charge < -0.3 is 10.2 Å². The lowest BCUT2D eigenvalue weighted by Crippen LogP contribution is -2.40. The Hall–Kier alpha value is -3.29. The first-order chi connectivity index (χ1) is 14.1. The van der Waals surface area contributed by atoms with Gasteiger partial charge in [-0.3, -0.25) is 9.59 Å². The number of nitrogens with one attached hydrogen (secondary N) is 1. The van der Waals surface area contributed by atoms with Gasteiger partial charge in [-0.15, -0.1) is 0 Å². The zero-order valence-corrected chi connectivity index (χ0v) is 16.1. The van der Waals surface area contributed by atoms with Gasteiger partial charge in [0.25, 0.3) is 5.91 Å². The lowest BCUT2D eigenvalue weighted by Gasteiger charge is -2.33. The van der Waals surface area contributed by atoms with Crippen LogP contribution in [0.2, 0.25) is 0 Å². The minimum atomic E-state index is -0.309. The molecule has 29 heavy (non-hydrogen) atoms. The summed E-state index contributed by atoms with van der Waals surface area (Å²) in [6.07, 6.45) is 5.26. The molecule has 3 aromatic rings. The number of aromatic nitrogens is 3. The Kier molecular flexibility index (Phi) is 5.24. The zero-order valence-electron chi connectivity index (χ0n) is 16.1. The topological polar surface area (TPSA) is 79.6 Å². The van der Waals surface area contributed by atoms with Gasteiger partial charge in [0, 0.05) is 32.3 Å². The number of amides is 2. The average molecular weight is 395 g/mol. The second-order valence-corrected chi connectivity index (χ2v) is 7.22. The Balaban J connectivity index is 1.54. The smallest absolute Gasteiger partial charge is 0.256 e. The van der Waals surface area contributed by atoms with Crippen molar-refractivity contribution >= 4 is 17.5 Å². The van der Waals surface area contributed by atoms with Crippen molar-refractivity contribution in [3.63, 3.8) is 0 Å². The van der Waals surface area contributed by atoms with Crippen molar-refractivity contribution in [2.75, 3.05) is 20.1 Å². The maximum atomic E-state index is 13.1. The molecule has 1 aromatic carbocycles. The summed E-state index contributed by atoms with van der Waals surface area (Å²) in [5.74, 6) is -0.414. The van der Waals surface area contributed by atoms with Crippen molar-refractivity contribution < 1.29 is 14.0 Å². The fourth-order valence-electron chi connectivity index (χ4n) is 3.85. The number of likely N-dealkylation sites (tertiary alicyclic amines) is 1. The monoisotopic (exact) mass is 395 g/mol. The highest BCUT2D eigenvalue weighted by Gasteiger charge is 2.27. The van der Waals surface area contributed by atoms with Gasteiger partial charge >= 0.3 is 0 Å². The lowest BCUT2D eigenvalue weighted by atomic mass is 9.94. The van der Waals surface area contributed by atoms with E-state index >= 15 is 0 Å². The molecule has 4 rings (SSSR count). The second-order valence-electron chi connectivity index (χ2n) is 7.22. The number of benzene rings is 1. The van der Waals surface area contributed by atoms with E-state index in [0.29, 0.717) is 24.3 Å². The van der Waals surface area contributed by atoms with Gasteiger partial charge in [0.15, 0.2) is 5.65 Å². The number of carbonyl (C=O) groups is 2. The third-order valence-corrected chi connectivity index (χ3v) is 5.36. The summed E-state index contributed by atoms with van der Waals surface area (Å²) in [7, 11) is 1.57. The minimum Gasteiger partial charge on any atom is -0.355 e. The molecule has 0 unspecified atom stereocenters. The van der Waals surface area contributed by atoms with Crippen LogP contribution in [0.15, 0.2) is 42.7 Å². The molecule has 1 atom stereocenters. The van der Waals surface area contributed by atoms with E-state index in [0.717, 1.165) is 24.1 Å². The molecule has 0 bridgehead atoms. The summed E-state index contributed by atoms with van der Waals surface area (Å²) in [6.45, 7) is 1.28. The van der Waals surface area contributed by atoms with Gasteiger partial charge in [-0.25, -0.2) is 13.9 Å². The highest BCUT2D eigenvalue weighted by Crippen LogP contribution is 2.28. The highest BCUT2D eigenvalue weighted by atomic mass is 19.1. The number of hydrogen-bond donors (Lipinski definition) is 1. The Labute approximate surface area is 167 Å². The predicted octanol–water partition coefficient (Wildman–Crippen LogP) is 2.18. The SMILES string of the molecule is CNC(=O)c1cnn2c([C@H]3CCCN(C(=O)Cc4ccc(F)cc4)C3)ccnc12. The van der Waals surface area contributed by atoms with Crippen molar-refractivity contribution in [3.8, 4) is 0 Å². The highest BCUT2D eigenvalue weighted by molar-refractivity contribution is 5.99. The van der Waals surface area contributed by atoms with Crippen molar-refractivity contribution in [2.45, 2.75) is 25.2 Å². The number of halogens is 1. The first kappa shape index (κ1) is 19.0.